The van der Waals surface area contributed by atoms with E-state index in [1.807, 2.05) is 19.1 Å². The fourth-order valence-corrected chi connectivity index (χ4v) is 4.31. The smallest absolute Gasteiger partial charge is 0.261 e. The molecule has 0 saturated heterocycles. The van der Waals surface area contributed by atoms with Gasteiger partial charge in [0.25, 0.3) is 10.0 Å². The Morgan fingerprint density at radius 2 is 1.71 bits per heavy atom. The predicted molar refractivity (Wildman–Crippen MR) is 97.4 cm³/mol. The van der Waals surface area contributed by atoms with Gasteiger partial charge in [-0.3, -0.25) is 10.6 Å². The molecule has 1 saturated carbocycles. The highest BCUT2D eigenvalue weighted by Crippen LogP contribution is 2.39. The molecule has 0 heterocycles. The summed E-state index contributed by atoms with van der Waals surface area (Å²) < 4.78 is 27.8. The molecule has 5 nitrogen and oxygen atoms in total. The van der Waals surface area contributed by atoms with Crippen LogP contribution in [0.4, 0.5) is 11.4 Å². The van der Waals surface area contributed by atoms with Crippen molar-refractivity contribution < 1.29 is 8.42 Å². The van der Waals surface area contributed by atoms with Crippen LogP contribution in [0.5, 0.6) is 0 Å². The Morgan fingerprint density at radius 1 is 1.04 bits per heavy atom. The van der Waals surface area contributed by atoms with Gasteiger partial charge in [-0.1, -0.05) is 30.5 Å². The average Bonchev–Trinajstić information content (AvgIpc) is 3.09. The summed E-state index contributed by atoms with van der Waals surface area (Å²) in [6, 6.07) is 12.3. The maximum atomic E-state index is 12.5. The summed E-state index contributed by atoms with van der Waals surface area (Å²) in [5.41, 5.74) is 6.26. The van der Waals surface area contributed by atoms with Gasteiger partial charge in [-0.15, -0.1) is 0 Å². The highest BCUT2D eigenvalue weighted by atomic mass is 32.2. The second-order valence-corrected chi connectivity index (χ2v) is 8.03. The molecule has 0 atom stereocenters. The van der Waals surface area contributed by atoms with Gasteiger partial charge < -0.3 is 5.43 Å². The number of nitrogens with one attached hydrogen (secondary N) is 2. The number of benzene rings is 2. The number of sulfonamides is 1. The molecule has 0 radical (unpaired) electrons. The second kappa shape index (κ2) is 6.83. The van der Waals surface area contributed by atoms with Crippen LogP contribution >= 0.6 is 0 Å². The highest BCUT2D eigenvalue weighted by Gasteiger charge is 2.21. The Kier molecular flexibility index (Phi) is 4.78. The van der Waals surface area contributed by atoms with Gasteiger partial charge in [0.2, 0.25) is 0 Å². The van der Waals surface area contributed by atoms with Crippen LogP contribution in [0.1, 0.15) is 42.7 Å². The first-order valence-electron chi connectivity index (χ1n) is 8.19. The molecule has 1 aliphatic rings. The first kappa shape index (κ1) is 16.8. The molecule has 0 aliphatic heterocycles. The molecular weight excluding hydrogens is 322 g/mol. The van der Waals surface area contributed by atoms with Crippen LogP contribution in [0, 0.1) is 6.92 Å². The van der Waals surface area contributed by atoms with Crippen LogP contribution < -0.4 is 16.0 Å². The van der Waals surface area contributed by atoms with Gasteiger partial charge in [-0.05, 0) is 61.6 Å². The summed E-state index contributed by atoms with van der Waals surface area (Å²) in [7, 11) is -3.59. The molecule has 0 aromatic heterocycles. The number of rotatable bonds is 5. The molecule has 0 spiro atoms. The van der Waals surface area contributed by atoms with Gasteiger partial charge in [-0.2, -0.15) is 0 Å². The monoisotopic (exact) mass is 345 g/mol. The zero-order valence-electron chi connectivity index (χ0n) is 13.7. The Labute approximate surface area is 143 Å². The largest absolute Gasteiger partial charge is 0.324 e. The lowest BCUT2D eigenvalue weighted by atomic mass is 9.95. The minimum atomic E-state index is -3.59. The molecule has 0 unspecified atom stereocenters. The SMILES string of the molecule is Cc1ccc(S(=O)(=O)Nc2ccc(NN)c(C3CCCC3)c2)cc1. The molecule has 6 heteroatoms. The number of nitrogens with two attached hydrogens (primary N) is 1. The van der Waals surface area contributed by atoms with E-state index >= 15 is 0 Å². The van der Waals surface area contributed by atoms with E-state index < -0.39 is 10.0 Å². The van der Waals surface area contributed by atoms with Crippen molar-refractivity contribution in [3.63, 3.8) is 0 Å². The Balaban J connectivity index is 1.89. The number of hydrogen-bond donors (Lipinski definition) is 3. The van der Waals surface area contributed by atoms with Crippen molar-refractivity contribution in [3.8, 4) is 0 Å². The van der Waals surface area contributed by atoms with Crippen molar-refractivity contribution in [1.82, 2.24) is 0 Å². The standard InChI is InChI=1S/C18H23N3O2S/c1-13-6-9-16(10-7-13)24(22,23)21-15-8-11-18(20-19)17(12-15)14-4-2-3-5-14/h6-12,14,20-21H,2-5,19H2,1H3. The molecule has 128 valence electrons. The van der Waals surface area contributed by atoms with E-state index in [-0.39, 0.29) is 4.90 Å². The Morgan fingerprint density at radius 3 is 2.33 bits per heavy atom. The third-order valence-corrected chi connectivity index (χ3v) is 5.98. The number of anilines is 2. The van der Waals surface area contributed by atoms with E-state index in [4.69, 9.17) is 5.84 Å². The molecule has 3 rings (SSSR count). The topological polar surface area (TPSA) is 84.2 Å². The van der Waals surface area contributed by atoms with Crippen molar-refractivity contribution in [2.75, 3.05) is 10.1 Å². The first-order chi connectivity index (χ1) is 11.5. The Hall–Kier alpha value is -2.05. The molecule has 0 amide bonds. The van der Waals surface area contributed by atoms with Gasteiger partial charge >= 0.3 is 0 Å². The van der Waals surface area contributed by atoms with Crippen molar-refractivity contribution in [3.05, 3.63) is 53.6 Å². The molecule has 4 N–H and O–H groups in total. The van der Waals surface area contributed by atoms with Crippen LogP contribution in [0.2, 0.25) is 0 Å². The van der Waals surface area contributed by atoms with E-state index in [0.717, 1.165) is 29.7 Å². The molecule has 2 aromatic carbocycles. The Bertz CT molecular complexity index is 811. The summed E-state index contributed by atoms with van der Waals surface area (Å²) in [6.07, 6.45) is 4.63. The number of nitrogen functional groups attached to an aromatic ring is 1. The molecule has 24 heavy (non-hydrogen) atoms. The van der Waals surface area contributed by atoms with Crippen molar-refractivity contribution in [1.29, 1.82) is 0 Å². The van der Waals surface area contributed by atoms with E-state index in [1.165, 1.54) is 12.8 Å². The minimum Gasteiger partial charge on any atom is -0.324 e. The van der Waals surface area contributed by atoms with Crippen LogP contribution in [0.25, 0.3) is 0 Å². The van der Waals surface area contributed by atoms with Crippen LogP contribution in [-0.4, -0.2) is 8.42 Å². The van der Waals surface area contributed by atoms with E-state index in [2.05, 4.69) is 10.1 Å². The summed E-state index contributed by atoms with van der Waals surface area (Å²) in [4.78, 5) is 0.261. The maximum Gasteiger partial charge on any atom is 0.261 e. The van der Waals surface area contributed by atoms with E-state index in [1.54, 1.807) is 30.3 Å². The molecule has 2 aromatic rings. The van der Waals surface area contributed by atoms with Gasteiger partial charge in [0.05, 0.1) is 10.6 Å². The van der Waals surface area contributed by atoms with Crippen molar-refractivity contribution >= 4 is 21.4 Å². The van der Waals surface area contributed by atoms with E-state index in [9.17, 15) is 8.42 Å². The summed E-state index contributed by atoms with van der Waals surface area (Å²) in [6.45, 7) is 1.93. The quantitative estimate of drug-likeness (QED) is 0.569. The van der Waals surface area contributed by atoms with Gasteiger partial charge in [0.1, 0.15) is 0 Å². The average molecular weight is 345 g/mol. The van der Waals surface area contributed by atoms with Crippen molar-refractivity contribution in [2.24, 2.45) is 5.84 Å². The third-order valence-electron chi connectivity index (χ3n) is 4.59. The fourth-order valence-electron chi connectivity index (χ4n) is 3.26. The number of hydrogen-bond acceptors (Lipinski definition) is 4. The van der Waals surface area contributed by atoms with Crippen LogP contribution in [0.3, 0.4) is 0 Å². The summed E-state index contributed by atoms with van der Waals surface area (Å²) in [5.74, 6) is 6.04. The number of aryl methyl sites for hydroxylation is 1. The lowest BCUT2D eigenvalue weighted by molar-refractivity contribution is 0.601. The van der Waals surface area contributed by atoms with E-state index in [0.29, 0.717) is 11.6 Å². The molecule has 0 bridgehead atoms. The molecule has 1 aliphatic carbocycles. The van der Waals surface area contributed by atoms with Crippen molar-refractivity contribution in [2.45, 2.75) is 43.4 Å². The maximum absolute atomic E-state index is 12.5. The lowest BCUT2D eigenvalue weighted by Crippen LogP contribution is -2.15. The highest BCUT2D eigenvalue weighted by molar-refractivity contribution is 7.92. The third kappa shape index (κ3) is 3.55. The zero-order chi connectivity index (χ0) is 17.2. The summed E-state index contributed by atoms with van der Waals surface area (Å²) >= 11 is 0. The number of hydrazine groups is 1. The van der Waals surface area contributed by atoms with Gasteiger partial charge in [0, 0.05) is 5.69 Å². The lowest BCUT2D eigenvalue weighted by Gasteiger charge is -2.17. The minimum absolute atomic E-state index is 0.261. The van der Waals surface area contributed by atoms with Crippen LogP contribution in [-0.2, 0) is 10.0 Å². The normalized spacial score (nSPS) is 15.4. The zero-order valence-corrected chi connectivity index (χ0v) is 14.6. The predicted octanol–water partition coefficient (Wildman–Crippen LogP) is 3.74. The van der Waals surface area contributed by atoms with Crippen LogP contribution in [0.15, 0.2) is 47.4 Å². The molecular formula is C18H23N3O2S. The molecule has 1 fully saturated rings. The van der Waals surface area contributed by atoms with Gasteiger partial charge in [-0.25, -0.2) is 8.42 Å². The fraction of sp³-hybridized carbons (Fsp3) is 0.333. The first-order valence-corrected chi connectivity index (χ1v) is 9.68. The van der Waals surface area contributed by atoms with Gasteiger partial charge in [0.15, 0.2) is 0 Å². The second-order valence-electron chi connectivity index (χ2n) is 6.35. The summed E-state index contributed by atoms with van der Waals surface area (Å²) in [5, 5.41) is 0.